The van der Waals surface area contributed by atoms with Crippen molar-refractivity contribution in [3.8, 4) is 0 Å². The van der Waals surface area contributed by atoms with Gasteiger partial charge in [0.2, 0.25) is 21.8 Å². The van der Waals surface area contributed by atoms with Crippen LogP contribution in [0.15, 0.2) is 53.4 Å². The Hall–Kier alpha value is -2.49. The van der Waals surface area contributed by atoms with E-state index >= 15 is 0 Å². The average molecular weight is 512 g/mol. The van der Waals surface area contributed by atoms with Crippen molar-refractivity contribution in [2.24, 2.45) is 0 Å². The normalized spacial score (nSPS) is 12.9. The maximum Gasteiger partial charge on any atom is 0.243 e. The maximum atomic E-state index is 13.4. The highest BCUT2D eigenvalue weighted by atomic mass is 35.5. The van der Waals surface area contributed by atoms with Gasteiger partial charge in [-0.2, -0.15) is 4.31 Å². The molecule has 1 N–H and O–H groups in total. The molecule has 0 heterocycles. The second-order valence-electron chi connectivity index (χ2n) is 9.03. The third-order valence-electron chi connectivity index (χ3n) is 5.03. The van der Waals surface area contributed by atoms with E-state index in [9.17, 15) is 22.4 Å². The minimum Gasteiger partial charge on any atom is -0.350 e. The van der Waals surface area contributed by atoms with E-state index in [1.807, 2.05) is 20.8 Å². The lowest BCUT2D eigenvalue weighted by Gasteiger charge is -2.34. The van der Waals surface area contributed by atoms with Crippen molar-refractivity contribution in [3.05, 3.63) is 64.9 Å². The summed E-state index contributed by atoms with van der Waals surface area (Å²) in [6.07, 6.45) is 0.308. The first-order valence-corrected chi connectivity index (χ1v) is 12.6. The van der Waals surface area contributed by atoms with Crippen LogP contribution in [-0.2, 0) is 26.2 Å². The number of hydrogen-bond acceptors (Lipinski definition) is 4. The summed E-state index contributed by atoms with van der Waals surface area (Å²) < 4.78 is 40.2. The molecule has 0 aromatic heterocycles. The fourth-order valence-electron chi connectivity index (χ4n) is 3.31. The van der Waals surface area contributed by atoms with Crippen LogP contribution in [0, 0.1) is 5.82 Å². The molecule has 0 saturated heterocycles. The number of rotatable bonds is 9. The molecule has 0 radical (unpaired) electrons. The highest BCUT2D eigenvalue weighted by molar-refractivity contribution is 7.89. The van der Waals surface area contributed by atoms with Crippen molar-refractivity contribution in [1.82, 2.24) is 14.5 Å². The molecule has 34 heavy (non-hydrogen) atoms. The van der Waals surface area contributed by atoms with E-state index in [0.29, 0.717) is 17.0 Å². The Balaban J connectivity index is 2.34. The van der Waals surface area contributed by atoms with Crippen molar-refractivity contribution in [2.45, 2.75) is 57.1 Å². The van der Waals surface area contributed by atoms with Crippen LogP contribution in [0.1, 0.15) is 39.7 Å². The molecular formula is C24H31ClFN3O4S. The molecule has 0 fully saturated rings. The topological polar surface area (TPSA) is 86.8 Å². The first-order valence-electron chi connectivity index (χ1n) is 10.8. The number of hydrogen-bond donors (Lipinski definition) is 1. The van der Waals surface area contributed by atoms with Gasteiger partial charge in [0.25, 0.3) is 0 Å². The van der Waals surface area contributed by atoms with E-state index in [2.05, 4.69) is 5.32 Å². The molecule has 1 atom stereocenters. The highest BCUT2D eigenvalue weighted by Gasteiger charge is 2.33. The minimum absolute atomic E-state index is 0.00481. The van der Waals surface area contributed by atoms with Crippen LogP contribution in [0.2, 0.25) is 5.02 Å². The Kier molecular flexibility index (Phi) is 9.22. The molecule has 186 valence electrons. The standard InChI is InChI=1S/C24H31ClFN3O4S/c1-6-21(23(31)27-24(2,3)4)29(15-17-7-11-19(26)12-8-17)22(30)16-28(5)34(32,33)20-13-9-18(25)10-14-20/h7-14,21H,6,15-16H2,1-5H3,(H,27,31)/t21-/m0/s1. The Bertz CT molecular complexity index is 1100. The number of likely N-dealkylation sites (N-methyl/N-ethyl adjacent to an activating group) is 1. The predicted molar refractivity (Wildman–Crippen MR) is 130 cm³/mol. The molecule has 10 heteroatoms. The van der Waals surface area contributed by atoms with Gasteiger partial charge >= 0.3 is 0 Å². The zero-order valence-electron chi connectivity index (χ0n) is 20.0. The number of carbonyl (C=O) groups excluding carboxylic acids is 2. The number of nitrogens with zero attached hydrogens (tertiary/aromatic N) is 2. The summed E-state index contributed by atoms with van der Waals surface area (Å²) in [4.78, 5) is 27.7. The van der Waals surface area contributed by atoms with E-state index in [1.165, 1.54) is 60.5 Å². The molecule has 0 spiro atoms. The van der Waals surface area contributed by atoms with Gasteiger partial charge in [-0.15, -0.1) is 0 Å². The van der Waals surface area contributed by atoms with Gasteiger partial charge in [-0.3, -0.25) is 9.59 Å². The first-order chi connectivity index (χ1) is 15.7. The van der Waals surface area contributed by atoms with Gasteiger partial charge in [-0.05, 0) is 69.2 Å². The molecule has 0 unspecified atom stereocenters. The molecule has 0 aliphatic rings. The molecule has 0 aliphatic carbocycles. The van der Waals surface area contributed by atoms with Crippen LogP contribution in [0.3, 0.4) is 0 Å². The van der Waals surface area contributed by atoms with Crippen LogP contribution in [0.5, 0.6) is 0 Å². The lowest BCUT2D eigenvalue weighted by molar-refractivity contribution is -0.142. The molecule has 2 amide bonds. The third kappa shape index (κ3) is 7.51. The van der Waals surface area contributed by atoms with Crippen molar-refractivity contribution in [1.29, 1.82) is 0 Å². The lowest BCUT2D eigenvalue weighted by Crippen LogP contribution is -2.55. The Morgan fingerprint density at radius 1 is 1.06 bits per heavy atom. The van der Waals surface area contributed by atoms with Crippen LogP contribution in [0.25, 0.3) is 0 Å². The smallest absolute Gasteiger partial charge is 0.243 e. The highest BCUT2D eigenvalue weighted by Crippen LogP contribution is 2.19. The Morgan fingerprint density at radius 3 is 2.12 bits per heavy atom. The second-order valence-corrected chi connectivity index (χ2v) is 11.5. The number of carbonyl (C=O) groups is 2. The number of benzene rings is 2. The second kappa shape index (κ2) is 11.3. The van der Waals surface area contributed by atoms with Crippen LogP contribution in [-0.4, -0.2) is 54.6 Å². The maximum absolute atomic E-state index is 13.4. The summed E-state index contributed by atoms with van der Waals surface area (Å²) in [6, 6.07) is 10.4. The molecular weight excluding hydrogens is 481 g/mol. The van der Waals surface area contributed by atoms with E-state index in [0.717, 1.165) is 4.31 Å². The molecule has 0 aliphatic heterocycles. The number of nitrogens with one attached hydrogen (secondary N) is 1. The Labute approximate surface area is 205 Å². The first kappa shape index (κ1) is 27.8. The van der Waals surface area contributed by atoms with Crippen LogP contribution >= 0.6 is 11.6 Å². The zero-order valence-corrected chi connectivity index (χ0v) is 21.6. The van der Waals surface area contributed by atoms with Crippen molar-refractivity contribution in [2.75, 3.05) is 13.6 Å². The van der Waals surface area contributed by atoms with E-state index in [1.54, 1.807) is 6.92 Å². The van der Waals surface area contributed by atoms with Gasteiger partial charge < -0.3 is 10.2 Å². The molecule has 0 bridgehead atoms. The van der Waals surface area contributed by atoms with E-state index in [-0.39, 0.29) is 17.3 Å². The fraction of sp³-hybridized carbons (Fsp3) is 0.417. The predicted octanol–water partition coefficient (Wildman–Crippen LogP) is 3.82. The molecule has 7 nitrogen and oxygen atoms in total. The minimum atomic E-state index is -3.97. The van der Waals surface area contributed by atoms with Gasteiger partial charge in [-0.1, -0.05) is 30.7 Å². The monoisotopic (exact) mass is 511 g/mol. The van der Waals surface area contributed by atoms with E-state index < -0.39 is 39.9 Å². The van der Waals surface area contributed by atoms with Crippen LogP contribution < -0.4 is 5.32 Å². The molecule has 2 aromatic carbocycles. The summed E-state index contributed by atoms with van der Waals surface area (Å²) >= 11 is 5.85. The number of sulfonamides is 1. The third-order valence-corrected chi connectivity index (χ3v) is 7.10. The van der Waals surface area contributed by atoms with Crippen molar-refractivity contribution in [3.63, 3.8) is 0 Å². The van der Waals surface area contributed by atoms with E-state index in [4.69, 9.17) is 11.6 Å². The number of halogens is 2. The fourth-order valence-corrected chi connectivity index (χ4v) is 4.56. The van der Waals surface area contributed by atoms with Gasteiger partial charge in [0.15, 0.2) is 0 Å². The SMILES string of the molecule is CC[C@@H](C(=O)NC(C)(C)C)N(Cc1ccc(F)cc1)C(=O)CN(C)S(=O)(=O)c1ccc(Cl)cc1. The summed E-state index contributed by atoms with van der Waals surface area (Å²) in [7, 11) is -2.67. The van der Waals surface area contributed by atoms with Crippen molar-refractivity contribution >= 4 is 33.4 Å². The molecule has 0 saturated carbocycles. The van der Waals surface area contributed by atoms with Gasteiger partial charge in [0.05, 0.1) is 11.4 Å². The average Bonchev–Trinajstić information content (AvgIpc) is 2.74. The summed E-state index contributed by atoms with van der Waals surface area (Å²) in [5.41, 5.74) is 0.0871. The Morgan fingerprint density at radius 2 is 1.62 bits per heavy atom. The largest absolute Gasteiger partial charge is 0.350 e. The quantitative estimate of drug-likeness (QED) is 0.554. The summed E-state index contributed by atoms with van der Waals surface area (Å²) in [5.74, 6) is -1.33. The zero-order chi connectivity index (χ0) is 25.7. The van der Waals surface area contributed by atoms with Gasteiger partial charge in [-0.25, -0.2) is 12.8 Å². The summed E-state index contributed by atoms with van der Waals surface area (Å²) in [5, 5.41) is 3.27. The molecule has 2 aromatic rings. The molecule has 2 rings (SSSR count). The van der Waals surface area contributed by atoms with Gasteiger partial charge in [0.1, 0.15) is 11.9 Å². The summed E-state index contributed by atoms with van der Waals surface area (Å²) in [6.45, 7) is 6.80. The van der Waals surface area contributed by atoms with Gasteiger partial charge in [0, 0.05) is 24.2 Å². The van der Waals surface area contributed by atoms with Crippen molar-refractivity contribution < 1.29 is 22.4 Å². The lowest BCUT2D eigenvalue weighted by atomic mass is 10.1. The number of amides is 2. The van der Waals surface area contributed by atoms with Crippen LogP contribution in [0.4, 0.5) is 4.39 Å².